The van der Waals surface area contributed by atoms with E-state index in [4.69, 9.17) is 4.74 Å². The molecule has 0 aliphatic carbocycles. The molecule has 18 heavy (non-hydrogen) atoms. The van der Waals surface area contributed by atoms with Gasteiger partial charge in [-0.05, 0) is 53.2 Å². The van der Waals surface area contributed by atoms with E-state index in [9.17, 15) is 0 Å². The van der Waals surface area contributed by atoms with Gasteiger partial charge in [0.05, 0.1) is 16.9 Å². The summed E-state index contributed by atoms with van der Waals surface area (Å²) in [4.78, 5) is 4.40. The van der Waals surface area contributed by atoms with E-state index in [1.54, 1.807) is 0 Å². The molecule has 1 aromatic rings. The van der Waals surface area contributed by atoms with Crippen LogP contribution in [0.15, 0.2) is 24.4 Å². The van der Waals surface area contributed by atoms with E-state index < -0.39 is 0 Å². The third kappa shape index (κ3) is 2.90. The Hall–Kier alpha value is -0.930. The molecular weight excluding hydrogens is 224 g/mol. The second-order valence-electron chi connectivity index (χ2n) is 6.36. The number of nitrogens with zero attached hydrogens (tertiary/aromatic N) is 1. The van der Waals surface area contributed by atoms with Gasteiger partial charge in [-0.25, -0.2) is 0 Å². The van der Waals surface area contributed by atoms with Crippen molar-refractivity contribution in [2.75, 3.05) is 0 Å². The third-order valence-electron chi connectivity index (χ3n) is 3.66. The summed E-state index contributed by atoms with van der Waals surface area (Å²) in [6, 6.07) is 6.63. The Morgan fingerprint density at radius 1 is 1.33 bits per heavy atom. The number of hydrogen-bond donors (Lipinski definition) is 1. The van der Waals surface area contributed by atoms with Crippen LogP contribution >= 0.6 is 0 Å². The zero-order chi connectivity index (χ0) is 13.4. The van der Waals surface area contributed by atoms with Crippen LogP contribution in [-0.4, -0.2) is 22.2 Å². The van der Waals surface area contributed by atoms with E-state index >= 15 is 0 Å². The molecule has 1 fully saturated rings. The van der Waals surface area contributed by atoms with Crippen molar-refractivity contribution in [2.24, 2.45) is 0 Å². The molecule has 1 aromatic heterocycles. The lowest BCUT2D eigenvalue weighted by Gasteiger charge is -2.29. The van der Waals surface area contributed by atoms with Crippen molar-refractivity contribution < 1.29 is 4.74 Å². The monoisotopic (exact) mass is 248 g/mol. The lowest BCUT2D eigenvalue weighted by molar-refractivity contribution is -0.0704. The Balaban J connectivity index is 2.06. The fraction of sp³-hybridized carbons (Fsp3) is 0.667. The van der Waals surface area contributed by atoms with Crippen LogP contribution < -0.4 is 5.32 Å². The van der Waals surface area contributed by atoms with Gasteiger partial charge in [-0.1, -0.05) is 6.07 Å². The summed E-state index contributed by atoms with van der Waals surface area (Å²) in [7, 11) is 0. The molecule has 1 saturated heterocycles. The highest BCUT2D eigenvalue weighted by atomic mass is 16.5. The lowest BCUT2D eigenvalue weighted by Crippen LogP contribution is -2.44. The molecule has 0 radical (unpaired) electrons. The molecule has 0 spiro atoms. The Labute approximate surface area is 110 Å². The van der Waals surface area contributed by atoms with Gasteiger partial charge in [0.1, 0.15) is 0 Å². The molecule has 0 aromatic carbocycles. The van der Waals surface area contributed by atoms with Crippen molar-refractivity contribution in [2.45, 2.75) is 64.3 Å². The van der Waals surface area contributed by atoms with Crippen molar-refractivity contribution in [3.05, 3.63) is 30.1 Å². The summed E-state index contributed by atoms with van der Waals surface area (Å²) in [6.45, 7) is 10.8. The standard InChI is InChI=1S/C15H24N2O/c1-11(12-8-6-7-9-16-12)17-13-10-14(2,3)18-15(13,4)5/h6-9,11,13,17H,10H2,1-5H3/t11-,13?/m1/s1. The Kier molecular flexibility index (Phi) is 3.47. The number of aromatic nitrogens is 1. The molecule has 2 rings (SSSR count). The molecule has 0 bridgehead atoms. The smallest absolute Gasteiger partial charge is 0.0787 e. The first-order valence-corrected chi connectivity index (χ1v) is 6.67. The number of rotatable bonds is 3. The molecule has 2 heterocycles. The van der Waals surface area contributed by atoms with Crippen LogP contribution in [0.1, 0.15) is 52.8 Å². The maximum Gasteiger partial charge on any atom is 0.0787 e. The van der Waals surface area contributed by atoms with Crippen LogP contribution in [0, 0.1) is 0 Å². The molecule has 2 atom stereocenters. The zero-order valence-electron chi connectivity index (χ0n) is 12.0. The molecule has 0 amide bonds. The zero-order valence-corrected chi connectivity index (χ0v) is 12.0. The number of hydrogen-bond acceptors (Lipinski definition) is 3. The third-order valence-corrected chi connectivity index (χ3v) is 3.66. The Morgan fingerprint density at radius 2 is 2.06 bits per heavy atom. The lowest BCUT2D eigenvalue weighted by atomic mass is 9.93. The summed E-state index contributed by atoms with van der Waals surface area (Å²) < 4.78 is 6.10. The van der Waals surface area contributed by atoms with Gasteiger partial charge in [0, 0.05) is 18.3 Å². The molecule has 1 aliphatic heterocycles. The van der Waals surface area contributed by atoms with Crippen molar-refractivity contribution in [1.82, 2.24) is 10.3 Å². The molecule has 3 heteroatoms. The van der Waals surface area contributed by atoms with Crippen molar-refractivity contribution in [3.8, 4) is 0 Å². The van der Waals surface area contributed by atoms with Gasteiger partial charge < -0.3 is 10.1 Å². The summed E-state index contributed by atoms with van der Waals surface area (Å²) in [5, 5.41) is 3.65. The van der Waals surface area contributed by atoms with Crippen molar-refractivity contribution in [3.63, 3.8) is 0 Å². The van der Waals surface area contributed by atoms with Gasteiger partial charge in [-0.15, -0.1) is 0 Å². The van der Waals surface area contributed by atoms with Gasteiger partial charge in [-0.3, -0.25) is 4.98 Å². The maximum atomic E-state index is 6.10. The first-order chi connectivity index (χ1) is 8.30. The molecule has 100 valence electrons. The average Bonchev–Trinajstić information content (AvgIpc) is 2.48. The first kappa shape index (κ1) is 13.5. The van der Waals surface area contributed by atoms with Crippen molar-refractivity contribution in [1.29, 1.82) is 0 Å². The summed E-state index contributed by atoms with van der Waals surface area (Å²) >= 11 is 0. The summed E-state index contributed by atoms with van der Waals surface area (Å²) in [5.74, 6) is 0. The normalized spacial score (nSPS) is 27.1. The minimum absolute atomic E-state index is 0.0506. The van der Waals surface area contributed by atoms with Crippen molar-refractivity contribution >= 4 is 0 Å². The van der Waals surface area contributed by atoms with E-state index in [-0.39, 0.29) is 17.2 Å². The molecule has 1 N–H and O–H groups in total. The average molecular weight is 248 g/mol. The second kappa shape index (κ2) is 4.63. The van der Waals surface area contributed by atoms with Gasteiger partial charge in [-0.2, -0.15) is 0 Å². The van der Waals surface area contributed by atoms with Crippen LogP contribution in [-0.2, 0) is 4.74 Å². The summed E-state index contributed by atoms with van der Waals surface area (Å²) in [5.41, 5.74) is 0.898. The Morgan fingerprint density at radius 3 is 2.56 bits per heavy atom. The first-order valence-electron chi connectivity index (χ1n) is 6.67. The fourth-order valence-electron chi connectivity index (χ4n) is 2.84. The highest BCUT2D eigenvalue weighted by Crippen LogP contribution is 2.38. The van der Waals surface area contributed by atoms with Gasteiger partial charge in [0.25, 0.3) is 0 Å². The van der Waals surface area contributed by atoms with Crippen LogP contribution in [0.2, 0.25) is 0 Å². The van der Waals surface area contributed by atoms with E-state index in [0.29, 0.717) is 6.04 Å². The van der Waals surface area contributed by atoms with E-state index in [1.165, 1.54) is 0 Å². The minimum atomic E-state index is -0.132. The predicted molar refractivity (Wildman–Crippen MR) is 73.4 cm³/mol. The number of nitrogens with one attached hydrogen (secondary N) is 1. The van der Waals surface area contributed by atoms with Crippen LogP contribution in [0.3, 0.4) is 0 Å². The largest absolute Gasteiger partial charge is 0.368 e. The Bertz CT molecular complexity index is 400. The number of ether oxygens (including phenoxy) is 1. The molecule has 1 aliphatic rings. The highest BCUT2D eigenvalue weighted by molar-refractivity contribution is 5.09. The maximum absolute atomic E-state index is 6.10. The van der Waals surface area contributed by atoms with Crippen LogP contribution in [0.5, 0.6) is 0 Å². The van der Waals surface area contributed by atoms with Gasteiger partial charge in [0.15, 0.2) is 0 Å². The molecule has 3 nitrogen and oxygen atoms in total. The van der Waals surface area contributed by atoms with E-state index in [1.807, 2.05) is 18.3 Å². The second-order valence-corrected chi connectivity index (χ2v) is 6.36. The minimum Gasteiger partial charge on any atom is -0.368 e. The summed E-state index contributed by atoms with van der Waals surface area (Å²) in [6.07, 6.45) is 2.87. The number of pyridine rings is 1. The molecule has 0 saturated carbocycles. The van der Waals surface area contributed by atoms with Crippen LogP contribution in [0.25, 0.3) is 0 Å². The van der Waals surface area contributed by atoms with E-state index in [2.05, 4.69) is 51.0 Å². The van der Waals surface area contributed by atoms with Gasteiger partial charge >= 0.3 is 0 Å². The molecular formula is C15H24N2O. The predicted octanol–water partition coefficient (Wildman–Crippen LogP) is 3.08. The highest BCUT2D eigenvalue weighted by Gasteiger charge is 2.46. The molecule has 1 unspecified atom stereocenters. The van der Waals surface area contributed by atoms with Gasteiger partial charge in [0.2, 0.25) is 0 Å². The fourth-order valence-corrected chi connectivity index (χ4v) is 2.84. The van der Waals surface area contributed by atoms with Crippen LogP contribution in [0.4, 0.5) is 0 Å². The topological polar surface area (TPSA) is 34.1 Å². The SMILES string of the molecule is C[C@@H](NC1CC(C)(C)OC1(C)C)c1ccccn1. The van der Waals surface area contributed by atoms with E-state index in [0.717, 1.165) is 12.1 Å². The quantitative estimate of drug-likeness (QED) is 0.892.